The molecule has 0 aliphatic rings. The van der Waals surface area contributed by atoms with E-state index in [1.807, 2.05) is 27.7 Å². The molecule has 0 saturated carbocycles. The number of rotatable bonds is 5. The van der Waals surface area contributed by atoms with Crippen LogP contribution in [-0.4, -0.2) is 13.2 Å². The van der Waals surface area contributed by atoms with Gasteiger partial charge in [0.1, 0.15) is 0 Å². The van der Waals surface area contributed by atoms with Crippen LogP contribution < -0.4 is 5.14 Å². The second-order valence-corrected chi connectivity index (χ2v) is 5.53. The summed E-state index contributed by atoms with van der Waals surface area (Å²) < 4.78 is 22.3. The average molecular weight is 207 g/mol. The summed E-state index contributed by atoms with van der Waals surface area (Å²) in [6.07, 6.45) is 2.03. The van der Waals surface area contributed by atoms with Gasteiger partial charge in [-0.05, 0) is 18.8 Å². The Hall–Kier alpha value is -0.0900. The Bertz CT molecular complexity index is 242. The molecule has 0 aromatic carbocycles. The van der Waals surface area contributed by atoms with E-state index in [0.29, 0.717) is 12.8 Å². The third-order valence-electron chi connectivity index (χ3n) is 3.27. The molecule has 0 amide bonds. The van der Waals surface area contributed by atoms with Gasteiger partial charge in [0.25, 0.3) is 0 Å². The maximum Gasteiger partial charge on any atom is 0.215 e. The van der Waals surface area contributed by atoms with Crippen LogP contribution in [-0.2, 0) is 10.0 Å². The first kappa shape index (κ1) is 12.9. The van der Waals surface area contributed by atoms with Gasteiger partial charge in [-0.2, -0.15) is 0 Å². The quantitative estimate of drug-likeness (QED) is 0.748. The summed E-state index contributed by atoms with van der Waals surface area (Å²) in [7, 11) is -3.44. The minimum atomic E-state index is -3.44. The summed E-state index contributed by atoms with van der Waals surface area (Å²) in [5.41, 5.74) is 0. The Labute approximate surface area is 81.8 Å². The van der Waals surface area contributed by atoms with Gasteiger partial charge in [0.05, 0.1) is 4.75 Å². The molecule has 0 bridgehead atoms. The van der Waals surface area contributed by atoms with E-state index in [1.54, 1.807) is 0 Å². The van der Waals surface area contributed by atoms with Gasteiger partial charge in [-0.15, -0.1) is 0 Å². The van der Waals surface area contributed by atoms with Crippen LogP contribution in [0.1, 0.15) is 47.0 Å². The molecule has 3 nitrogen and oxygen atoms in total. The van der Waals surface area contributed by atoms with Crippen molar-refractivity contribution in [3.05, 3.63) is 0 Å². The fourth-order valence-electron chi connectivity index (χ4n) is 2.00. The van der Waals surface area contributed by atoms with Crippen molar-refractivity contribution < 1.29 is 8.42 Å². The Balaban J connectivity index is 5.16. The van der Waals surface area contributed by atoms with Crippen LogP contribution in [0.2, 0.25) is 0 Å². The molecular weight excluding hydrogens is 186 g/mol. The van der Waals surface area contributed by atoms with Gasteiger partial charge in [-0.3, -0.25) is 0 Å². The minimum Gasteiger partial charge on any atom is -0.228 e. The summed E-state index contributed by atoms with van der Waals surface area (Å²) in [6.45, 7) is 7.73. The Morgan fingerprint density at radius 2 is 1.62 bits per heavy atom. The maximum absolute atomic E-state index is 11.5. The van der Waals surface area contributed by atoms with Crippen LogP contribution in [0.15, 0.2) is 0 Å². The fraction of sp³-hybridized carbons (Fsp3) is 1.00. The molecule has 0 spiro atoms. The highest BCUT2D eigenvalue weighted by molar-refractivity contribution is 7.90. The second kappa shape index (κ2) is 4.42. The molecular formula is C9H21NO2S. The lowest BCUT2D eigenvalue weighted by Crippen LogP contribution is -2.47. The zero-order valence-corrected chi connectivity index (χ0v) is 9.82. The Kier molecular flexibility index (Phi) is 4.39. The molecule has 2 N–H and O–H groups in total. The molecule has 0 aliphatic heterocycles. The van der Waals surface area contributed by atoms with Crippen molar-refractivity contribution >= 4 is 10.0 Å². The van der Waals surface area contributed by atoms with Crippen molar-refractivity contribution in [2.24, 2.45) is 11.1 Å². The van der Waals surface area contributed by atoms with E-state index in [-0.39, 0.29) is 5.92 Å². The molecule has 1 unspecified atom stereocenters. The predicted molar refractivity (Wildman–Crippen MR) is 55.9 cm³/mol. The van der Waals surface area contributed by atoms with Crippen molar-refractivity contribution in [3.63, 3.8) is 0 Å². The van der Waals surface area contributed by atoms with E-state index in [9.17, 15) is 8.42 Å². The van der Waals surface area contributed by atoms with Crippen molar-refractivity contribution in [1.82, 2.24) is 0 Å². The summed E-state index contributed by atoms with van der Waals surface area (Å²) in [5.74, 6) is 0.123. The highest BCUT2D eigenvalue weighted by atomic mass is 32.2. The smallest absolute Gasteiger partial charge is 0.215 e. The van der Waals surface area contributed by atoms with Gasteiger partial charge in [-0.25, -0.2) is 13.6 Å². The van der Waals surface area contributed by atoms with Crippen LogP contribution in [0, 0.1) is 5.92 Å². The SMILES string of the molecule is CCC(C)C(CC)(CC)S(N)(=O)=O. The number of hydrogen-bond acceptors (Lipinski definition) is 2. The van der Waals surface area contributed by atoms with Gasteiger partial charge >= 0.3 is 0 Å². The van der Waals surface area contributed by atoms with Gasteiger partial charge in [-0.1, -0.05) is 34.1 Å². The largest absolute Gasteiger partial charge is 0.228 e. The minimum absolute atomic E-state index is 0.123. The molecule has 0 aromatic heterocycles. The third-order valence-corrected chi connectivity index (χ3v) is 5.39. The van der Waals surface area contributed by atoms with Crippen LogP contribution in [0.25, 0.3) is 0 Å². The molecule has 0 rings (SSSR count). The highest BCUT2D eigenvalue weighted by Crippen LogP contribution is 2.34. The van der Waals surface area contributed by atoms with E-state index in [0.717, 1.165) is 6.42 Å². The van der Waals surface area contributed by atoms with Gasteiger partial charge < -0.3 is 0 Å². The zero-order chi connectivity index (χ0) is 10.7. The first-order valence-corrected chi connectivity index (χ1v) is 6.42. The van der Waals surface area contributed by atoms with E-state index in [1.165, 1.54) is 0 Å². The van der Waals surface area contributed by atoms with Gasteiger partial charge in [0.2, 0.25) is 10.0 Å². The van der Waals surface area contributed by atoms with Crippen molar-refractivity contribution in [2.75, 3.05) is 0 Å². The second-order valence-electron chi connectivity index (χ2n) is 3.63. The molecule has 0 fully saturated rings. The fourth-order valence-corrected chi connectivity index (χ4v) is 3.53. The lowest BCUT2D eigenvalue weighted by Gasteiger charge is -2.34. The summed E-state index contributed by atoms with van der Waals surface area (Å²) in [6, 6.07) is 0. The molecule has 0 heterocycles. The van der Waals surface area contributed by atoms with E-state index in [2.05, 4.69) is 0 Å². The summed E-state index contributed by atoms with van der Waals surface area (Å²) >= 11 is 0. The Morgan fingerprint density at radius 3 is 1.69 bits per heavy atom. The zero-order valence-electron chi connectivity index (χ0n) is 9.00. The molecule has 80 valence electrons. The summed E-state index contributed by atoms with van der Waals surface area (Å²) in [5, 5.41) is 5.28. The molecule has 4 heteroatoms. The van der Waals surface area contributed by atoms with Crippen LogP contribution >= 0.6 is 0 Å². The number of nitrogens with two attached hydrogens (primary N) is 1. The van der Waals surface area contributed by atoms with Crippen molar-refractivity contribution in [2.45, 2.75) is 51.7 Å². The van der Waals surface area contributed by atoms with Crippen LogP contribution in [0.4, 0.5) is 0 Å². The number of sulfonamides is 1. The van der Waals surface area contributed by atoms with E-state index >= 15 is 0 Å². The van der Waals surface area contributed by atoms with E-state index in [4.69, 9.17) is 5.14 Å². The molecule has 1 atom stereocenters. The molecule has 0 radical (unpaired) electrons. The lowest BCUT2D eigenvalue weighted by molar-refractivity contribution is 0.346. The normalized spacial score (nSPS) is 15.8. The standard InChI is InChI=1S/C9H21NO2S/c1-5-8(4)9(6-2,7-3)13(10,11)12/h8H,5-7H2,1-4H3,(H2,10,11,12). The van der Waals surface area contributed by atoms with Crippen molar-refractivity contribution in [3.8, 4) is 0 Å². The number of primary sulfonamides is 1. The molecule has 13 heavy (non-hydrogen) atoms. The van der Waals surface area contributed by atoms with Gasteiger partial charge in [0.15, 0.2) is 0 Å². The van der Waals surface area contributed by atoms with Crippen LogP contribution in [0.3, 0.4) is 0 Å². The molecule has 0 aromatic rings. The maximum atomic E-state index is 11.5. The third kappa shape index (κ3) is 2.23. The highest BCUT2D eigenvalue weighted by Gasteiger charge is 2.42. The first-order chi connectivity index (χ1) is 5.85. The Morgan fingerprint density at radius 1 is 1.23 bits per heavy atom. The topological polar surface area (TPSA) is 60.2 Å². The average Bonchev–Trinajstić information content (AvgIpc) is 2.04. The van der Waals surface area contributed by atoms with E-state index < -0.39 is 14.8 Å². The van der Waals surface area contributed by atoms with Crippen molar-refractivity contribution in [1.29, 1.82) is 0 Å². The molecule has 0 saturated heterocycles. The van der Waals surface area contributed by atoms with Gasteiger partial charge in [0, 0.05) is 0 Å². The predicted octanol–water partition coefficient (Wildman–Crippen LogP) is 1.88. The monoisotopic (exact) mass is 207 g/mol. The first-order valence-electron chi connectivity index (χ1n) is 4.88. The summed E-state index contributed by atoms with van der Waals surface area (Å²) in [4.78, 5) is 0. The lowest BCUT2D eigenvalue weighted by atomic mass is 9.86. The van der Waals surface area contributed by atoms with Crippen LogP contribution in [0.5, 0.6) is 0 Å². The number of hydrogen-bond donors (Lipinski definition) is 1. The molecule has 0 aliphatic carbocycles.